The van der Waals surface area contributed by atoms with E-state index in [0.29, 0.717) is 37.1 Å². The first-order chi connectivity index (χ1) is 11.5. The van der Waals surface area contributed by atoms with Crippen LogP contribution in [0.3, 0.4) is 0 Å². The van der Waals surface area contributed by atoms with Gasteiger partial charge in [0.05, 0.1) is 12.5 Å². The lowest BCUT2D eigenvalue weighted by Gasteiger charge is -2.33. The number of benzene rings is 1. The topological polar surface area (TPSA) is 79.5 Å². The quantitative estimate of drug-likeness (QED) is 0.840. The molecule has 0 spiro atoms. The highest BCUT2D eigenvalue weighted by atomic mass is 79.9. The summed E-state index contributed by atoms with van der Waals surface area (Å²) in [6.45, 7) is 3.96. The van der Waals surface area contributed by atoms with Gasteiger partial charge in [-0.25, -0.2) is 0 Å². The number of piperidine rings is 1. The number of likely N-dealkylation sites (tertiary alicyclic amines) is 1. The lowest BCUT2D eigenvalue weighted by molar-refractivity contribution is -0.144. The molecule has 2 unspecified atom stereocenters. The number of nitrogens with zero attached hydrogens (tertiary/aromatic N) is 3. The molecule has 128 valence electrons. The zero-order valence-corrected chi connectivity index (χ0v) is 15.1. The maximum Gasteiger partial charge on any atom is 0.307 e. The van der Waals surface area contributed by atoms with E-state index in [1.54, 1.807) is 0 Å². The van der Waals surface area contributed by atoms with Crippen LogP contribution in [0, 0.1) is 11.8 Å². The van der Waals surface area contributed by atoms with Crippen LogP contribution in [0.25, 0.3) is 0 Å². The number of carboxylic acids is 1. The van der Waals surface area contributed by atoms with Gasteiger partial charge < -0.3 is 9.63 Å². The highest BCUT2D eigenvalue weighted by molar-refractivity contribution is 9.10. The summed E-state index contributed by atoms with van der Waals surface area (Å²) < 4.78 is 6.36. The van der Waals surface area contributed by atoms with Crippen LogP contribution in [-0.2, 0) is 17.8 Å². The van der Waals surface area contributed by atoms with Crippen LogP contribution >= 0.6 is 15.9 Å². The second kappa shape index (κ2) is 7.44. The van der Waals surface area contributed by atoms with E-state index in [1.165, 1.54) is 0 Å². The van der Waals surface area contributed by atoms with Gasteiger partial charge in [0.1, 0.15) is 0 Å². The SMILES string of the molecule is CC1CC(C(=O)O)CN(Cc2nc(Cc3cccc(Br)c3)no2)C1. The number of aromatic nitrogens is 2. The molecule has 1 aliphatic rings. The van der Waals surface area contributed by atoms with Gasteiger partial charge in [-0.2, -0.15) is 4.98 Å². The van der Waals surface area contributed by atoms with Crippen molar-refractivity contribution < 1.29 is 14.4 Å². The van der Waals surface area contributed by atoms with Crippen molar-refractivity contribution in [3.05, 3.63) is 46.0 Å². The van der Waals surface area contributed by atoms with Gasteiger partial charge in [-0.15, -0.1) is 0 Å². The average Bonchev–Trinajstić information content (AvgIpc) is 2.93. The Morgan fingerprint density at radius 1 is 1.46 bits per heavy atom. The third kappa shape index (κ3) is 4.42. The molecule has 0 aliphatic carbocycles. The van der Waals surface area contributed by atoms with E-state index in [9.17, 15) is 9.90 Å². The Morgan fingerprint density at radius 2 is 2.29 bits per heavy atom. The molecule has 2 atom stereocenters. The van der Waals surface area contributed by atoms with Crippen molar-refractivity contribution in [2.75, 3.05) is 13.1 Å². The molecule has 6 nitrogen and oxygen atoms in total. The molecular formula is C17H20BrN3O3. The molecular weight excluding hydrogens is 374 g/mol. The van der Waals surface area contributed by atoms with E-state index in [2.05, 4.69) is 37.9 Å². The summed E-state index contributed by atoms with van der Waals surface area (Å²) in [5.74, 6) is 0.482. The van der Waals surface area contributed by atoms with Crippen molar-refractivity contribution in [3.8, 4) is 0 Å². The summed E-state index contributed by atoms with van der Waals surface area (Å²) >= 11 is 3.45. The van der Waals surface area contributed by atoms with Crippen LogP contribution in [-0.4, -0.2) is 39.2 Å². The van der Waals surface area contributed by atoms with E-state index in [4.69, 9.17) is 4.52 Å². The van der Waals surface area contributed by atoms with Gasteiger partial charge in [0, 0.05) is 24.0 Å². The smallest absolute Gasteiger partial charge is 0.307 e. The number of carbonyl (C=O) groups is 1. The summed E-state index contributed by atoms with van der Waals surface area (Å²) in [4.78, 5) is 17.8. The highest BCUT2D eigenvalue weighted by Crippen LogP contribution is 2.23. The van der Waals surface area contributed by atoms with E-state index in [-0.39, 0.29) is 5.92 Å². The number of carboxylic acid groups (broad SMARTS) is 1. The fourth-order valence-electron chi connectivity index (χ4n) is 3.22. The van der Waals surface area contributed by atoms with Crippen molar-refractivity contribution in [1.29, 1.82) is 0 Å². The number of halogens is 1. The summed E-state index contributed by atoms with van der Waals surface area (Å²) in [6, 6.07) is 7.99. The Labute approximate surface area is 149 Å². The minimum Gasteiger partial charge on any atom is -0.481 e. The van der Waals surface area contributed by atoms with Crippen LogP contribution in [0.15, 0.2) is 33.3 Å². The largest absolute Gasteiger partial charge is 0.481 e. The third-order valence-corrected chi connectivity index (χ3v) is 4.70. The van der Waals surface area contributed by atoms with Gasteiger partial charge in [0.25, 0.3) is 0 Å². The lowest BCUT2D eigenvalue weighted by Crippen LogP contribution is -2.42. The molecule has 1 saturated heterocycles. The Morgan fingerprint density at radius 3 is 3.04 bits per heavy atom. The molecule has 2 heterocycles. The first kappa shape index (κ1) is 17.1. The van der Waals surface area contributed by atoms with E-state index in [0.717, 1.165) is 23.0 Å². The minimum absolute atomic E-state index is 0.321. The molecule has 0 amide bonds. The van der Waals surface area contributed by atoms with Gasteiger partial charge in [-0.3, -0.25) is 9.69 Å². The molecule has 1 aromatic carbocycles. The van der Waals surface area contributed by atoms with Crippen molar-refractivity contribution in [2.45, 2.75) is 26.3 Å². The van der Waals surface area contributed by atoms with Crippen molar-refractivity contribution in [3.63, 3.8) is 0 Å². The number of aliphatic carboxylic acids is 1. The van der Waals surface area contributed by atoms with Crippen LogP contribution in [0.4, 0.5) is 0 Å². The molecule has 0 radical (unpaired) electrons. The minimum atomic E-state index is -0.729. The Hall–Kier alpha value is -1.73. The van der Waals surface area contributed by atoms with Gasteiger partial charge in [-0.05, 0) is 30.0 Å². The van der Waals surface area contributed by atoms with Gasteiger partial charge >= 0.3 is 5.97 Å². The van der Waals surface area contributed by atoms with Gasteiger partial charge in [-0.1, -0.05) is 40.1 Å². The molecule has 0 bridgehead atoms. The zero-order valence-electron chi connectivity index (χ0n) is 13.5. The van der Waals surface area contributed by atoms with Crippen LogP contribution in [0.1, 0.15) is 30.6 Å². The monoisotopic (exact) mass is 393 g/mol. The van der Waals surface area contributed by atoms with Crippen molar-refractivity contribution >= 4 is 21.9 Å². The fourth-order valence-corrected chi connectivity index (χ4v) is 3.66. The van der Waals surface area contributed by atoms with Crippen LogP contribution in [0.5, 0.6) is 0 Å². The summed E-state index contributed by atoms with van der Waals surface area (Å²) in [6.07, 6.45) is 1.33. The molecule has 0 saturated carbocycles. The predicted octanol–water partition coefficient (Wildman–Crippen LogP) is 2.97. The Kier molecular flexibility index (Phi) is 5.30. The van der Waals surface area contributed by atoms with Crippen LogP contribution < -0.4 is 0 Å². The standard InChI is InChI=1S/C17H20BrN3O3/c1-11-5-13(17(22)23)9-21(8-11)10-16-19-15(20-24-16)7-12-3-2-4-14(18)6-12/h2-4,6,11,13H,5,7-10H2,1H3,(H,22,23). The average molecular weight is 394 g/mol. The number of hydrogen-bond donors (Lipinski definition) is 1. The molecule has 24 heavy (non-hydrogen) atoms. The van der Waals surface area contributed by atoms with E-state index in [1.807, 2.05) is 24.3 Å². The molecule has 2 aromatic rings. The Balaban J connectivity index is 1.62. The van der Waals surface area contributed by atoms with Crippen LogP contribution in [0.2, 0.25) is 0 Å². The molecule has 3 rings (SSSR count). The van der Waals surface area contributed by atoms with E-state index >= 15 is 0 Å². The first-order valence-corrected chi connectivity index (χ1v) is 8.80. The summed E-state index contributed by atoms with van der Waals surface area (Å²) in [5.41, 5.74) is 1.11. The number of hydrogen-bond acceptors (Lipinski definition) is 5. The summed E-state index contributed by atoms with van der Waals surface area (Å²) in [7, 11) is 0. The van der Waals surface area contributed by atoms with Gasteiger partial charge in [0.15, 0.2) is 5.82 Å². The second-order valence-electron chi connectivity index (χ2n) is 6.48. The Bertz CT molecular complexity index is 719. The van der Waals surface area contributed by atoms with Crippen molar-refractivity contribution in [2.24, 2.45) is 11.8 Å². The fraction of sp³-hybridized carbons (Fsp3) is 0.471. The highest BCUT2D eigenvalue weighted by Gasteiger charge is 2.30. The third-order valence-electron chi connectivity index (χ3n) is 4.20. The van der Waals surface area contributed by atoms with Crippen molar-refractivity contribution in [1.82, 2.24) is 15.0 Å². The molecule has 1 N–H and O–H groups in total. The summed E-state index contributed by atoms with van der Waals surface area (Å²) in [5, 5.41) is 13.3. The maximum absolute atomic E-state index is 11.3. The molecule has 1 aliphatic heterocycles. The van der Waals surface area contributed by atoms with Gasteiger partial charge in [0.2, 0.25) is 5.89 Å². The maximum atomic E-state index is 11.3. The molecule has 7 heteroatoms. The predicted molar refractivity (Wildman–Crippen MR) is 91.4 cm³/mol. The lowest BCUT2D eigenvalue weighted by atomic mass is 9.90. The molecule has 1 fully saturated rings. The second-order valence-corrected chi connectivity index (χ2v) is 7.40. The first-order valence-electron chi connectivity index (χ1n) is 8.00. The normalized spacial score (nSPS) is 21.8. The zero-order chi connectivity index (χ0) is 17.1. The van der Waals surface area contributed by atoms with E-state index < -0.39 is 5.97 Å². The molecule has 1 aromatic heterocycles. The number of rotatable bonds is 5.